The molecule has 0 bridgehead atoms. The van der Waals surface area contributed by atoms with Crippen LogP contribution in [-0.4, -0.2) is 35.9 Å². The topological polar surface area (TPSA) is 137 Å². The molecule has 29 heavy (non-hydrogen) atoms. The Morgan fingerprint density at radius 3 is 2.28 bits per heavy atom. The van der Waals surface area contributed by atoms with Crippen molar-refractivity contribution in [1.29, 1.82) is 0 Å². The van der Waals surface area contributed by atoms with Crippen LogP contribution in [0, 0.1) is 10.1 Å². The molecule has 2 amide bonds. The summed E-state index contributed by atoms with van der Waals surface area (Å²) in [5.74, 6) is -1.46. The number of carbonyl (C=O) groups is 3. The first-order valence-electron chi connectivity index (χ1n) is 8.43. The van der Waals surface area contributed by atoms with E-state index in [1.807, 2.05) is 0 Å². The molecule has 2 rings (SSSR count). The first kappa shape index (κ1) is 21.4. The zero-order valence-corrected chi connectivity index (χ0v) is 15.9. The van der Waals surface area contributed by atoms with Gasteiger partial charge in [0.2, 0.25) is 5.91 Å². The number of nitrogens with zero attached hydrogens (tertiary/aromatic N) is 1. The molecule has 0 radical (unpaired) electrons. The van der Waals surface area contributed by atoms with Crippen LogP contribution in [0.15, 0.2) is 42.5 Å². The van der Waals surface area contributed by atoms with Crippen LogP contribution in [0.4, 0.5) is 17.1 Å². The number of rotatable bonds is 7. The van der Waals surface area contributed by atoms with E-state index in [2.05, 4.69) is 10.6 Å². The molecule has 0 spiro atoms. The van der Waals surface area contributed by atoms with Crippen LogP contribution in [0.2, 0.25) is 0 Å². The van der Waals surface area contributed by atoms with Gasteiger partial charge >= 0.3 is 5.97 Å². The number of anilines is 2. The number of hydrogen-bond acceptors (Lipinski definition) is 7. The lowest BCUT2D eigenvalue weighted by Crippen LogP contribution is -2.30. The highest BCUT2D eigenvalue weighted by atomic mass is 16.6. The van der Waals surface area contributed by atoms with Gasteiger partial charge < -0.3 is 20.1 Å². The summed E-state index contributed by atoms with van der Waals surface area (Å²) < 4.78 is 10.2. The Balaban J connectivity index is 2.05. The van der Waals surface area contributed by atoms with Crippen molar-refractivity contribution in [3.05, 3.63) is 58.1 Å². The predicted molar refractivity (Wildman–Crippen MR) is 104 cm³/mol. The maximum Gasteiger partial charge on any atom is 0.338 e. The zero-order chi connectivity index (χ0) is 21.6. The van der Waals surface area contributed by atoms with E-state index in [4.69, 9.17) is 9.47 Å². The number of non-ortho nitro benzene ring substituents is 1. The van der Waals surface area contributed by atoms with Crippen molar-refractivity contribution in [3.63, 3.8) is 0 Å². The molecule has 1 unspecified atom stereocenters. The Morgan fingerprint density at radius 1 is 1.07 bits per heavy atom. The Kier molecular flexibility index (Phi) is 6.85. The van der Waals surface area contributed by atoms with E-state index in [9.17, 15) is 24.5 Å². The number of nitro groups is 1. The number of ether oxygens (including phenoxy) is 2. The van der Waals surface area contributed by atoms with Crippen molar-refractivity contribution in [3.8, 4) is 5.75 Å². The second-order valence-corrected chi connectivity index (χ2v) is 5.94. The fraction of sp³-hybridized carbons (Fsp3) is 0.211. The van der Waals surface area contributed by atoms with Gasteiger partial charge in [0, 0.05) is 24.7 Å². The van der Waals surface area contributed by atoms with Crippen molar-refractivity contribution in [1.82, 2.24) is 0 Å². The molecular formula is C19H19N3O7. The van der Waals surface area contributed by atoms with Gasteiger partial charge in [0.15, 0.2) is 6.10 Å². The Morgan fingerprint density at radius 2 is 1.72 bits per heavy atom. The molecule has 2 aromatic rings. The van der Waals surface area contributed by atoms with E-state index in [1.165, 1.54) is 57.4 Å². The monoisotopic (exact) mass is 401 g/mol. The molecule has 2 aromatic carbocycles. The van der Waals surface area contributed by atoms with Crippen LogP contribution in [-0.2, 0) is 14.3 Å². The molecule has 0 saturated heterocycles. The summed E-state index contributed by atoms with van der Waals surface area (Å²) >= 11 is 0. The number of benzene rings is 2. The minimum atomic E-state index is -1.18. The van der Waals surface area contributed by atoms with Crippen molar-refractivity contribution >= 4 is 34.8 Å². The number of esters is 1. The first-order chi connectivity index (χ1) is 13.7. The first-order valence-corrected chi connectivity index (χ1v) is 8.43. The van der Waals surface area contributed by atoms with Gasteiger partial charge in [-0.3, -0.25) is 19.7 Å². The molecular weight excluding hydrogens is 382 g/mol. The number of amides is 2. The Bertz CT molecular complexity index is 941. The van der Waals surface area contributed by atoms with Gasteiger partial charge in [0.1, 0.15) is 5.75 Å². The van der Waals surface area contributed by atoms with Crippen LogP contribution in [0.25, 0.3) is 0 Å². The van der Waals surface area contributed by atoms with Crippen LogP contribution in [0.1, 0.15) is 24.2 Å². The van der Waals surface area contributed by atoms with Gasteiger partial charge in [-0.25, -0.2) is 4.79 Å². The normalized spacial score (nSPS) is 11.1. The van der Waals surface area contributed by atoms with Gasteiger partial charge in [0.05, 0.1) is 23.3 Å². The van der Waals surface area contributed by atoms with Crippen LogP contribution >= 0.6 is 0 Å². The van der Waals surface area contributed by atoms with Crippen molar-refractivity contribution < 1.29 is 28.8 Å². The summed E-state index contributed by atoms with van der Waals surface area (Å²) in [6.45, 7) is 2.72. The minimum Gasteiger partial charge on any atom is -0.495 e. The van der Waals surface area contributed by atoms with E-state index in [0.29, 0.717) is 5.69 Å². The molecule has 152 valence electrons. The van der Waals surface area contributed by atoms with Crippen LogP contribution in [0.5, 0.6) is 5.75 Å². The third-order valence-electron chi connectivity index (χ3n) is 3.75. The van der Waals surface area contributed by atoms with Gasteiger partial charge in [-0.15, -0.1) is 0 Å². The van der Waals surface area contributed by atoms with Crippen molar-refractivity contribution in [2.75, 3.05) is 17.7 Å². The highest BCUT2D eigenvalue weighted by Crippen LogP contribution is 2.29. The third-order valence-corrected chi connectivity index (χ3v) is 3.75. The van der Waals surface area contributed by atoms with Gasteiger partial charge in [-0.1, -0.05) is 0 Å². The highest BCUT2D eigenvalue weighted by Gasteiger charge is 2.21. The lowest BCUT2D eigenvalue weighted by molar-refractivity contribution is -0.384. The summed E-state index contributed by atoms with van der Waals surface area (Å²) in [6.07, 6.45) is -1.18. The molecule has 10 nitrogen and oxygen atoms in total. The average molecular weight is 401 g/mol. The Hall–Kier alpha value is -3.95. The largest absolute Gasteiger partial charge is 0.495 e. The maximum atomic E-state index is 12.3. The van der Waals surface area contributed by atoms with Crippen molar-refractivity contribution in [2.24, 2.45) is 0 Å². The number of nitrogens with one attached hydrogen (secondary N) is 2. The van der Waals surface area contributed by atoms with Crippen LogP contribution < -0.4 is 15.4 Å². The molecule has 0 heterocycles. The van der Waals surface area contributed by atoms with Gasteiger partial charge in [-0.2, -0.15) is 0 Å². The number of hydrogen-bond donors (Lipinski definition) is 2. The van der Waals surface area contributed by atoms with E-state index in [0.717, 1.165) is 6.07 Å². The second kappa shape index (κ2) is 9.31. The lowest BCUT2D eigenvalue weighted by Gasteiger charge is -2.15. The molecule has 0 saturated carbocycles. The summed E-state index contributed by atoms with van der Waals surface area (Å²) in [4.78, 5) is 45.9. The fourth-order valence-corrected chi connectivity index (χ4v) is 2.32. The molecule has 0 aromatic heterocycles. The van der Waals surface area contributed by atoms with E-state index >= 15 is 0 Å². The van der Waals surface area contributed by atoms with Gasteiger partial charge in [0.25, 0.3) is 11.6 Å². The quantitative estimate of drug-likeness (QED) is 0.413. The summed E-state index contributed by atoms with van der Waals surface area (Å²) in [5.41, 5.74) is 0.545. The standard InChI is InChI=1S/C19H19N3O7/c1-11(29-19(25)13-4-6-14(7-5-13)20-12(2)23)18(24)21-16-10-15(22(26)27)8-9-17(16)28-3/h4-11H,1-3H3,(H,20,23)(H,21,24). The zero-order valence-electron chi connectivity index (χ0n) is 15.9. The van der Waals surface area contributed by atoms with E-state index in [-0.39, 0.29) is 28.6 Å². The average Bonchev–Trinajstić information content (AvgIpc) is 2.67. The third kappa shape index (κ3) is 5.76. The predicted octanol–water partition coefficient (Wildman–Crippen LogP) is 2.75. The summed E-state index contributed by atoms with van der Waals surface area (Å²) in [5, 5.41) is 15.9. The summed E-state index contributed by atoms with van der Waals surface area (Å²) in [6, 6.07) is 9.67. The molecule has 0 aliphatic rings. The van der Waals surface area contributed by atoms with E-state index < -0.39 is 22.9 Å². The molecule has 0 aliphatic carbocycles. The SMILES string of the molecule is COc1ccc([N+](=O)[O-])cc1NC(=O)C(C)OC(=O)c1ccc(NC(C)=O)cc1. The van der Waals surface area contributed by atoms with E-state index in [1.54, 1.807) is 0 Å². The van der Waals surface area contributed by atoms with Gasteiger partial charge in [-0.05, 0) is 37.3 Å². The minimum absolute atomic E-state index is 0.0780. The Labute approximate surface area is 166 Å². The fourth-order valence-electron chi connectivity index (χ4n) is 2.32. The summed E-state index contributed by atoms with van der Waals surface area (Å²) in [7, 11) is 1.35. The molecule has 0 aliphatic heterocycles. The van der Waals surface area contributed by atoms with Crippen LogP contribution in [0.3, 0.4) is 0 Å². The molecule has 1 atom stereocenters. The molecule has 2 N–H and O–H groups in total. The number of methoxy groups -OCH3 is 1. The maximum absolute atomic E-state index is 12.3. The molecule has 0 fully saturated rings. The number of carbonyl (C=O) groups excluding carboxylic acids is 3. The second-order valence-electron chi connectivity index (χ2n) is 5.94. The van der Waals surface area contributed by atoms with Crippen molar-refractivity contribution in [2.45, 2.75) is 20.0 Å². The molecule has 10 heteroatoms. The highest BCUT2D eigenvalue weighted by molar-refractivity contribution is 5.98. The smallest absolute Gasteiger partial charge is 0.338 e. The number of nitro benzene ring substituents is 1. The lowest BCUT2D eigenvalue weighted by atomic mass is 10.2.